The summed E-state index contributed by atoms with van der Waals surface area (Å²) in [6.07, 6.45) is 6.77. The van der Waals surface area contributed by atoms with E-state index in [9.17, 15) is 4.79 Å². The van der Waals surface area contributed by atoms with Gasteiger partial charge in [0.1, 0.15) is 0 Å². The predicted molar refractivity (Wildman–Crippen MR) is 108 cm³/mol. The molecule has 0 saturated carbocycles. The summed E-state index contributed by atoms with van der Waals surface area (Å²) in [5.74, 6) is 0.0923. The van der Waals surface area contributed by atoms with E-state index in [1.165, 1.54) is 0 Å². The molecule has 0 radical (unpaired) electrons. The van der Waals surface area contributed by atoms with Crippen molar-refractivity contribution in [3.05, 3.63) is 60.4 Å². The molecule has 3 aromatic rings. The fraction of sp³-hybridized carbons (Fsp3) is 0.348. The van der Waals surface area contributed by atoms with E-state index in [2.05, 4.69) is 4.98 Å². The average Bonchev–Trinajstić information content (AvgIpc) is 3.20. The molecule has 0 bridgehead atoms. The van der Waals surface area contributed by atoms with Crippen molar-refractivity contribution in [3.8, 4) is 11.3 Å². The molecule has 2 aliphatic rings. The van der Waals surface area contributed by atoms with Crippen molar-refractivity contribution in [2.75, 3.05) is 26.3 Å². The normalized spacial score (nSPS) is 22.1. The number of likely N-dealkylation sites (tertiary alicyclic amines) is 1. The van der Waals surface area contributed by atoms with Gasteiger partial charge >= 0.3 is 0 Å². The Morgan fingerprint density at radius 3 is 2.89 bits per heavy atom. The van der Waals surface area contributed by atoms with Gasteiger partial charge in [-0.1, -0.05) is 18.2 Å². The number of nitrogens with zero attached hydrogens (tertiary/aromatic N) is 3. The second-order valence-electron chi connectivity index (χ2n) is 7.95. The summed E-state index contributed by atoms with van der Waals surface area (Å²) in [7, 11) is 0. The first-order chi connectivity index (χ1) is 13.7. The van der Waals surface area contributed by atoms with E-state index in [0.717, 1.165) is 73.3 Å². The molecule has 28 heavy (non-hydrogen) atoms. The van der Waals surface area contributed by atoms with Gasteiger partial charge in [0.2, 0.25) is 0 Å². The third-order valence-corrected chi connectivity index (χ3v) is 6.04. The van der Waals surface area contributed by atoms with E-state index in [1.54, 1.807) is 12.4 Å². The number of hydrogen-bond acceptors (Lipinski definition) is 4. The van der Waals surface area contributed by atoms with Gasteiger partial charge in [-0.3, -0.25) is 9.78 Å². The Kier molecular flexibility index (Phi) is 4.32. The van der Waals surface area contributed by atoms with Crippen molar-refractivity contribution in [2.24, 2.45) is 5.41 Å². The van der Waals surface area contributed by atoms with Crippen molar-refractivity contribution < 1.29 is 9.53 Å². The van der Waals surface area contributed by atoms with Crippen molar-refractivity contribution in [3.63, 3.8) is 0 Å². The number of piperidine rings is 1. The molecule has 5 nitrogen and oxygen atoms in total. The fourth-order valence-corrected chi connectivity index (χ4v) is 4.54. The number of ether oxygens (including phenoxy) is 1. The Hall–Kier alpha value is -2.79. The smallest absolute Gasteiger partial charge is 0.254 e. The molecule has 1 spiro atoms. The van der Waals surface area contributed by atoms with Crippen LogP contribution in [0.15, 0.2) is 54.9 Å². The van der Waals surface area contributed by atoms with Gasteiger partial charge < -0.3 is 9.64 Å². The third-order valence-electron chi connectivity index (χ3n) is 6.04. The van der Waals surface area contributed by atoms with Crippen LogP contribution in [0.3, 0.4) is 0 Å². The summed E-state index contributed by atoms with van der Waals surface area (Å²) in [6.45, 7) is 3.17. The van der Waals surface area contributed by atoms with E-state index >= 15 is 0 Å². The van der Waals surface area contributed by atoms with Crippen LogP contribution in [0.5, 0.6) is 0 Å². The monoisotopic (exact) mass is 373 g/mol. The van der Waals surface area contributed by atoms with Crippen LogP contribution >= 0.6 is 0 Å². The summed E-state index contributed by atoms with van der Waals surface area (Å²) in [6, 6.07) is 13.7. The molecule has 2 saturated heterocycles. The summed E-state index contributed by atoms with van der Waals surface area (Å²) < 4.78 is 5.66. The van der Waals surface area contributed by atoms with Gasteiger partial charge in [-0.15, -0.1) is 0 Å². The number of aromatic nitrogens is 2. The quantitative estimate of drug-likeness (QED) is 0.683. The maximum Gasteiger partial charge on any atom is 0.254 e. The lowest BCUT2D eigenvalue weighted by Gasteiger charge is -2.39. The number of para-hydroxylation sites is 1. The maximum atomic E-state index is 13.6. The van der Waals surface area contributed by atoms with Gasteiger partial charge in [-0.25, -0.2) is 4.98 Å². The summed E-state index contributed by atoms with van der Waals surface area (Å²) in [5, 5.41) is 0.905. The highest BCUT2D eigenvalue weighted by Gasteiger charge is 2.40. The molecule has 4 heterocycles. The molecule has 1 aromatic carbocycles. The highest BCUT2D eigenvalue weighted by atomic mass is 16.5. The number of amides is 1. The molecule has 0 unspecified atom stereocenters. The summed E-state index contributed by atoms with van der Waals surface area (Å²) in [5.41, 5.74) is 3.40. The van der Waals surface area contributed by atoms with Crippen LogP contribution in [0.4, 0.5) is 0 Å². The van der Waals surface area contributed by atoms with Crippen LogP contribution in [0.25, 0.3) is 22.2 Å². The minimum Gasteiger partial charge on any atom is -0.381 e. The standard InChI is InChI=1S/C23H23N3O2/c27-22(26-11-4-8-23(15-26)9-12-28-16-23)19-13-21(17-5-3-10-24-14-17)25-20-7-2-1-6-18(19)20/h1-3,5-7,10,13-14H,4,8-9,11-12,15-16H2/t23-/m1/s1. The Morgan fingerprint density at radius 1 is 1.14 bits per heavy atom. The third kappa shape index (κ3) is 3.06. The number of rotatable bonds is 2. The first-order valence-electron chi connectivity index (χ1n) is 9.91. The molecule has 2 aromatic heterocycles. The number of pyridine rings is 2. The first kappa shape index (κ1) is 17.3. The molecular weight excluding hydrogens is 350 g/mol. The topological polar surface area (TPSA) is 55.3 Å². The van der Waals surface area contributed by atoms with Crippen LogP contribution in [0.1, 0.15) is 29.6 Å². The second-order valence-corrected chi connectivity index (χ2v) is 7.95. The van der Waals surface area contributed by atoms with Crippen LogP contribution in [-0.2, 0) is 4.74 Å². The zero-order valence-corrected chi connectivity index (χ0v) is 15.8. The molecule has 5 rings (SSSR count). The van der Waals surface area contributed by atoms with Crippen LogP contribution in [0.2, 0.25) is 0 Å². The molecule has 2 aliphatic heterocycles. The lowest BCUT2D eigenvalue weighted by molar-refractivity contribution is 0.0464. The van der Waals surface area contributed by atoms with E-state index in [0.29, 0.717) is 0 Å². The van der Waals surface area contributed by atoms with E-state index in [4.69, 9.17) is 9.72 Å². The zero-order chi connectivity index (χ0) is 19.0. The van der Waals surface area contributed by atoms with Crippen LogP contribution in [-0.4, -0.2) is 47.1 Å². The Labute approximate surface area is 164 Å². The maximum absolute atomic E-state index is 13.6. The zero-order valence-electron chi connectivity index (χ0n) is 15.8. The molecule has 0 aliphatic carbocycles. The number of carbonyl (C=O) groups is 1. The van der Waals surface area contributed by atoms with Gasteiger partial charge in [-0.05, 0) is 43.5 Å². The molecule has 142 valence electrons. The van der Waals surface area contributed by atoms with Crippen molar-refractivity contribution >= 4 is 16.8 Å². The minimum atomic E-state index is 0.0923. The number of carbonyl (C=O) groups excluding carboxylic acids is 1. The first-order valence-corrected chi connectivity index (χ1v) is 9.91. The minimum absolute atomic E-state index is 0.0923. The molecule has 0 N–H and O–H groups in total. The van der Waals surface area contributed by atoms with Crippen LogP contribution in [0, 0.1) is 5.41 Å². The van der Waals surface area contributed by atoms with Gasteiger partial charge in [0.15, 0.2) is 0 Å². The van der Waals surface area contributed by atoms with Gasteiger partial charge in [-0.2, -0.15) is 0 Å². The molecule has 2 fully saturated rings. The fourth-order valence-electron chi connectivity index (χ4n) is 4.54. The van der Waals surface area contributed by atoms with Crippen molar-refractivity contribution in [2.45, 2.75) is 19.3 Å². The highest BCUT2D eigenvalue weighted by Crippen LogP contribution is 2.38. The molecule has 1 amide bonds. The predicted octanol–water partition coefficient (Wildman–Crippen LogP) is 3.94. The Balaban J connectivity index is 1.56. The SMILES string of the molecule is O=C(c1cc(-c2cccnc2)nc2ccccc12)N1CCC[C@@]2(CCOC2)C1. The number of hydrogen-bond donors (Lipinski definition) is 0. The number of fused-ring (bicyclic) bond motifs is 1. The second kappa shape index (κ2) is 6.99. The van der Waals surface area contributed by atoms with E-state index in [-0.39, 0.29) is 11.3 Å². The lowest BCUT2D eigenvalue weighted by Crippen LogP contribution is -2.46. The van der Waals surface area contributed by atoms with E-state index in [1.807, 2.05) is 47.4 Å². The van der Waals surface area contributed by atoms with Gasteiger partial charge in [0.25, 0.3) is 5.91 Å². The van der Waals surface area contributed by atoms with Crippen LogP contribution < -0.4 is 0 Å². The highest BCUT2D eigenvalue weighted by molar-refractivity contribution is 6.07. The van der Waals surface area contributed by atoms with Crippen molar-refractivity contribution in [1.29, 1.82) is 0 Å². The average molecular weight is 373 g/mol. The molecular formula is C23H23N3O2. The number of benzene rings is 1. The summed E-state index contributed by atoms with van der Waals surface area (Å²) in [4.78, 5) is 24.6. The van der Waals surface area contributed by atoms with Gasteiger partial charge in [0.05, 0.1) is 23.4 Å². The molecule has 5 heteroatoms. The lowest BCUT2D eigenvalue weighted by atomic mass is 9.79. The largest absolute Gasteiger partial charge is 0.381 e. The van der Waals surface area contributed by atoms with E-state index < -0.39 is 0 Å². The summed E-state index contributed by atoms with van der Waals surface area (Å²) >= 11 is 0. The van der Waals surface area contributed by atoms with Gasteiger partial charge in [0, 0.05) is 48.5 Å². The van der Waals surface area contributed by atoms with Crippen molar-refractivity contribution in [1.82, 2.24) is 14.9 Å². The Morgan fingerprint density at radius 2 is 2.07 bits per heavy atom. The Bertz CT molecular complexity index is 1010. The molecule has 1 atom stereocenters.